The first-order chi connectivity index (χ1) is 9.01. The number of methoxy groups -OCH3 is 1. The fourth-order valence-corrected chi connectivity index (χ4v) is 2.36. The van der Waals surface area contributed by atoms with Crippen LogP contribution < -0.4 is 4.90 Å². The number of fused-ring (bicyclic) bond motifs is 1. The van der Waals surface area contributed by atoms with E-state index in [1.54, 1.807) is 12.0 Å². The molecule has 4 nitrogen and oxygen atoms in total. The number of nitrogens with zero attached hydrogens (tertiary/aromatic N) is 1. The molecule has 0 aromatic heterocycles. The van der Waals surface area contributed by atoms with Gasteiger partial charge in [0.1, 0.15) is 0 Å². The van der Waals surface area contributed by atoms with Crippen LogP contribution in [0.25, 0.3) is 0 Å². The minimum Gasteiger partial charge on any atom is -0.383 e. The van der Waals surface area contributed by atoms with Crippen molar-refractivity contribution in [2.45, 2.75) is 25.0 Å². The SMILES string of the molecule is C#C[C@@](C)(O)C(=O)N1c2ccccc2C[C@H]1COC. The molecule has 19 heavy (non-hydrogen) atoms. The molecule has 0 aliphatic carbocycles. The summed E-state index contributed by atoms with van der Waals surface area (Å²) in [6.45, 7) is 1.74. The lowest BCUT2D eigenvalue weighted by Crippen LogP contribution is -2.50. The molecular weight excluding hydrogens is 242 g/mol. The van der Waals surface area contributed by atoms with E-state index in [9.17, 15) is 9.90 Å². The van der Waals surface area contributed by atoms with Gasteiger partial charge in [0.15, 0.2) is 0 Å². The van der Waals surface area contributed by atoms with Gasteiger partial charge in [0.25, 0.3) is 5.91 Å². The number of carbonyl (C=O) groups excluding carboxylic acids is 1. The van der Waals surface area contributed by atoms with Gasteiger partial charge in [-0.05, 0) is 25.0 Å². The number of hydrogen-bond acceptors (Lipinski definition) is 3. The third-order valence-electron chi connectivity index (χ3n) is 3.35. The molecule has 1 aliphatic heterocycles. The molecule has 100 valence electrons. The molecule has 0 radical (unpaired) electrons. The minimum atomic E-state index is -1.80. The Balaban J connectivity index is 2.40. The van der Waals surface area contributed by atoms with Gasteiger partial charge in [0.05, 0.1) is 12.6 Å². The topological polar surface area (TPSA) is 49.8 Å². The van der Waals surface area contributed by atoms with Gasteiger partial charge in [-0.1, -0.05) is 24.1 Å². The number of amides is 1. The first-order valence-electron chi connectivity index (χ1n) is 6.12. The van der Waals surface area contributed by atoms with E-state index in [-0.39, 0.29) is 6.04 Å². The Morgan fingerprint density at radius 3 is 2.95 bits per heavy atom. The number of anilines is 1. The molecule has 1 heterocycles. The normalized spacial score (nSPS) is 20.5. The highest BCUT2D eigenvalue weighted by atomic mass is 16.5. The van der Waals surface area contributed by atoms with Crippen molar-refractivity contribution in [2.24, 2.45) is 0 Å². The quantitative estimate of drug-likeness (QED) is 0.823. The van der Waals surface area contributed by atoms with E-state index < -0.39 is 11.5 Å². The van der Waals surface area contributed by atoms with Crippen LogP contribution in [0.3, 0.4) is 0 Å². The zero-order valence-electron chi connectivity index (χ0n) is 11.1. The summed E-state index contributed by atoms with van der Waals surface area (Å²) in [7, 11) is 1.59. The molecule has 0 bridgehead atoms. The van der Waals surface area contributed by atoms with Crippen LogP contribution >= 0.6 is 0 Å². The van der Waals surface area contributed by atoms with Crippen LogP contribution in [0.1, 0.15) is 12.5 Å². The van der Waals surface area contributed by atoms with E-state index in [1.807, 2.05) is 24.3 Å². The van der Waals surface area contributed by atoms with Crippen molar-refractivity contribution in [3.05, 3.63) is 29.8 Å². The minimum absolute atomic E-state index is 0.130. The van der Waals surface area contributed by atoms with Crippen LogP contribution in [0.2, 0.25) is 0 Å². The van der Waals surface area contributed by atoms with E-state index in [0.717, 1.165) is 11.3 Å². The summed E-state index contributed by atoms with van der Waals surface area (Å²) in [6, 6.07) is 7.48. The molecule has 0 saturated heterocycles. The van der Waals surface area contributed by atoms with Crippen molar-refractivity contribution in [1.82, 2.24) is 0 Å². The van der Waals surface area contributed by atoms with Gasteiger partial charge >= 0.3 is 0 Å². The summed E-state index contributed by atoms with van der Waals surface area (Å²) in [4.78, 5) is 14.0. The summed E-state index contributed by atoms with van der Waals surface area (Å²) < 4.78 is 5.16. The standard InChI is InChI=1S/C15H17NO3/c1-4-15(2,18)14(17)16-12(10-19-3)9-11-7-5-6-8-13(11)16/h1,5-8,12,18H,9-10H2,2-3H3/t12-,15+/m0/s1. The van der Waals surface area contributed by atoms with Crippen LogP contribution in [0.15, 0.2) is 24.3 Å². The molecule has 1 aromatic carbocycles. The second-order valence-electron chi connectivity index (χ2n) is 4.83. The number of ether oxygens (including phenoxy) is 1. The lowest BCUT2D eigenvalue weighted by Gasteiger charge is -2.29. The summed E-state index contributed by atoms with van der Waals surface area (Å²) in [5, 5.41) is 10.00. The average molecular weight is 259 g/mol. The molecule has 1 N–H and O–H groups in total. The number of rotatable bonds is 3. The van der Waals surface area contributed by atoms with Crippen molar-refractivity contribution < 1.29 is 14.6 Å². The van der Waals surface area contributed by atoms with Gasteiger partial charge in [-0.3, -0.25) is 4.79 Å². The molecule has 0 unspecified atom stereocenters. The van der Waals surface area contributed by atoms with Crippen molar-refractivity contribution in [1.29, 1.82) is 0 Å². The number of aliphatic hydroxyl groups is 1. The van der Waals surface area contributed by atoms with Gasteiger partial charge in [-0.2, -0.15) is 0 Å². The summed E-state index contributed by atoms with van der Waals surface area (Å²) in [6.07, 6.45) is 5.94. The lowest BCUT2D eigenvalue weighted by molar-refractivity contribution is -0.131. The summed E-state index contributed by atoms with van der Waals surface area (Å²) >= 11 is 0. The molecule has 1 aromatic rings. The fraction of sp³-hybridized carbons (Fsp3) is 0.400. The Morgan fingerprint density at radius 1 is 1.63 bits per heavy atom. The fourth-order valence-electron chi connectivity index (χ4n) is 2.36. The largest absolute Gasteiger partial charge is 0.383 e. The number of hydrogen-bond donors (Lipinski definition) is 1. The van der Waals surface area contributed by atoms with Gasteiger partial charge < -0.3 is 14.7 Å². The maximum atomic E-state index is 12.4. The lowest BCUT2D eigenvalue weighted by atomic mass is 10.1. The van der Waals surface area contributed by atoms with Crippen LogP contribution in [0.5, 0.6) is 0 Å². The molecule has 0 saturated carbocycles. The zero-order chi connectivity index (χ0) is 14.0. The smallest absolute Gasteiger partial charge is 0.271 e. The van der Waals surface area contributed by atoms with Crippen LogP contribution in [-0.4, -0.2) is 36.4 Å². The van der Waals surface area contributed by atoms with Crippen LogP contribution in [0, 0.1) is 12.3 Å². The highest BCUT2D eigenvalue weighted by Gasteiger charge is 2.41. The maximum absolute atomic E-state index is 12.4. The number of carbonyl (C=O) groups is 1. The summed E-state index contributed by atoms with van der Waals surface area (Å²) in [5.74, 6) is 1.65. The first kappa shape index (κ1) is 13.6. The van der Waals surface area contributed by atoms with E-state index >= 15 is 0 Å². The zero-order valence-corrected chi connectivity index (χ0v) is 11.1. The van der Waals surface area contributed by atoms with Crippen molar-refractivity contribution in [3.63, 3.8) is 0 Å². The number of benzene rings is 1. The second-order valence-corrected chi connectivity index (χ2v) is 4.83. The first-order valence-corrected chi connectivity index (χ1v) is 6.12. The van der Waals surface area contributed by atoms with Gasteiger partial charge in [0.2, 0.25) is 5.60 Å². The van der Waals surface area contributed by atoms with E-state index in [2.05, 4.69) is 5.92 Å². The van der Waals surface area contributed by atoms with E-state index in [1.165, 1.54) is 6.92 Å². The highest BCUT2D eigenvalue weighted by Crippen LogP contribution is 2.33. The van der Waals surface area contributed by atoms with Crippen LogP contribution in [-0.2, 0) is 16.0 Å². The van der Waals surface area contributed by atoms with Gasteiger partial charge in [0, 0.05) is 12.8 Å². The summed E-state index contributed by atoms with van der Waals surface area (Å²) in [5.41, 5.74) is 0.0551. The molecule has 4 heteroatoms. The predicted molar refractivity (Wildman–Crippen MR) is 72.8 cm³/mol. The maximum Gasteiger partial charge on any atom is 0.271 e. The Kier molecular flexibility index (Phi) is 3.61. The Labute approximate surface area is 113 Å². The van der Waals surface area contributed by atoms with Gasteiger partial charge in [-0.25, -0.2) is 0 Å². The molecular formula is C15H17NO3. The van der Waals surface area contributed by atoms with Crippen LogP contribution in [0.4, 0.5) is 5.69 Å². The molecule has 2 atom stereocenters. The molecule has 1 amide bonds. The Bertz CT molecular complexity index is 530. The average Bonchev–Trinajstić information content (AvgIpc) is 2.76. The Hall–Kier alpha value is -1.83. The molecule has 2 rings (SSSR count). The molecule has 0 fully saturated rings. The van der Waals surface area contributed by atoms with Crippen molar-refractivity contribution in [2.75, 3.05) is 18.6 Å². The Morgan fingerprint density at radius 2 is 2.32 bits per heavy atom. The van der Waals surface area contributed by atoms with E-state index in [4.69, 9.17) is 11.2 Å². The van der Waals surface area contributed by atoms with E-state index in [0.29, 0.717) is 13.0 Å². The van der Waals surface area contributed by atoms with Crippen molar-refractivity contribution in [3.8, 4) is 12.3 Å². The predicted octanol–water partition coefficient (Wildman–Crippen LogP) is 0.975. The molecule has 0 spiro atoms. The number of terminal acetylenes is 1. The van der Waals surface area contributed by atoms with Gasteiger partial charge in [-0.15, -0.1) is 6.42 Å². The third kappa shape index (κ3) is 2.35. The third-order valence-corrected chi connectivity index (χ3v) is 3.35. The van der Waals surface area contributed by atoms with Crippen molar-refractivity contribution >= 4 is 11.6 Å². The monoisotopic (exact) mass is 259 g/mol. The molecule has 1 aliphatic rings. The number of para-hydroxylation sites is 1. The highest BCUT2D eigenvalue weighted by molar-refractivity contribution is 6.03. The second kappa shape index (κ2) is 5.04.